The van der Waals surface area contributed by atoms with Crippen molar-refractivity contribution in [1.29, 1.82) is 0 Å². The third kappa shape index (κ3) is 4.91. The Balaban J connectivity index is 1.48. The number of rotatable bonds is 8. The minimum Gasteiger partial charge on any atom is -0.493 e. The summed E-state index contributed by atoms with van der Waals surface area (Å²) in [5.41, 5.74) is 5.43. The largest absolute Gasteiger partial charge is 0.493 e. The number of hydrogen-bond acceptors (Lipinski definition) is 4. The van der Waals surface area contributed by atoms with Crippen LogP contribution in [-0.4, -0.2) is 43.0 Å². The molecule has 1 aliphatic heterocycles. The van der Waals surface area contributed by atoms with Gasteiger partial charge in [-0.3, -0.25) is 9.59 Å². The van der Waals surface area contributed by atoms with Gasteiger partial charge < -0.3 is 25.3 Å². The van der Waals surface area contributed by atoms with Gasteiger partial charge in [-0.25, -0.2) is 0 Å². The fourth-order valence-corrected chi connectivity index (χ4v) is 4.63. The van der Waals surface area contributed by atoms with Crippen molar-refractivity contribution in [2.24, 2.45) is 0 Å². The van der Waals surface area contributed by atoms with Crippen LogP contribution in [0.5, 0.6) is 5.75 Å². The van der Waals surface area contributed by atoms with Gasteiger partial charge in [-0.1, -0.05) is 18.2 Å². The van der Waals surface area contributed by atoms with E-state index in [1.807, 2.05) is 65.7 Å². The number of aromatic nitrogens is 1. The van der Waals surface area contributed by atoms with Crippen LogP contribution in [0.3, 0.4) is 0 Å². The number of carbonyl (C=O) groups is 2. The lowest BCUT2D eigenvalue weighted by atomic mass is 10.0. The average Bonchev–Trinajstić information content (AvgIpc) is 3.30. The van der Waals surface area contributed by atoms with Crippen molar-refractivity contribution >= 4 is 34.6 Å². The van der Waals surface area contributed by atoms with Crippen LogP contribution in [0, 0.1) is 0 Å². The normalized spacial score (nSPS) is 15.0. The lowest BCUT2D eigenvalue weighted by Gasteiger charge is -2.23. The number of fused-ring (bicyclic) bond motifs is 2. The molecule has 1 aliphatic rings. The molecular formula is C29H30N4O3. The van der Waals surface area contributed by atoms with Crippen LogP contribution in [0.4, 0.5) is 11.4 Å². The van der Waals surface area contributed by atoms with Crippen molar-refractivity contribution < 1.29 is 14.3 Å². The van der Waals surface area contributed by atoms with Crippen molar-refractivity contribution in [3.63, 3.8) is 0 Å². The van der Waals surface area contributed by atoms with Gasteiger partial charge in [-0.2, -0.15) is 0 Å². The number of ether oxygens (including phenoxy) is 1. The molecule has 2 heterocycles. The molecule has 0 bridgehead atoms. The summed E-state index contributed by atoms with van der Waals surface area (Å²) in [4.78, 5) is 29.4. The van der Waals surface area contributed by atoms with Gasteiger partial charge in [0.15, 0.2) is 0 Å². The molecule has 5 rings (SSSR count). The van der Waals surface area contributed by atoms with Crippen LogP contribution in [0.25, 0.3) is 22.0 Å². The predicted octanol–water partition coefficient (Wildman–Crippen LogP) is 5.20. The van der Waals surface area contributed by atoms with Crippen LogP contribution < -0.4 is 20.3 Å². The predicted molar refractivity (Wildman–Crippen MR) is 144 cm³/mol. The number of aromatic amines is 1. The van der Waals surface area contributed by atoms with Crippen LogP contribution in [0.2, 0.25) is 0 Å². The third-order valence-corrected chi connectivity index (χ3v) is 6.53. The fraction of sp³-hybridized carbons (Fsp3) is 0.241. The number of H-pyrrole nitrogens is 1. The van der Waals surface area contributed by atoms with E-state index >= 15 is 0 Å². The highest BCUT2D eigenvalue weighted by molar-refractivity contribution is 6.08. The van der Waals surface area contributed by atoms with E-state index in [2.05, 4.69) is 34.7 Å². The monoisotopic (exact) mass is 482 g/mol. The Bertz CT molecular complexity index is 1380. The molecule has 0 aliphatic carbocycles. The maximum Gasteiger partial charge on any atom is 0.258 e. The summed E-state index contributed by atoms with van der Waals surface area (Å²) >= 11 is 0. The molecule has 7 nitrogen and oxygen atoms in total. The van der Waals surface area contributed by atoms with Crippen LogP contribution in [0.1, 0.15) is 30.1 Å². The molecular weight excluding hydrogens is 452 g/mol. The maximum absolute atomic E-state index is 13.8. The number of carbonyl (C=O) groups excluding carboxylic acids is 2. The van der Waals surface area contributed by atoms with Crippen LogP contribution in [0.15, 0.2) is 72.9 Å². The van der Waals surface area contributed by atoms with Crippen LogP contribution >= 0.6 is 0 Å². The van der Waals surface area contributed by atoms with Gasteiger partial charge in [0.05, 0.1) is 18.0 Å². The topological polar surface area (TPSA) is 86.5 Å². The van der Waals surface area contributed by atoms with E-state index in [0.717, 1.165) is 39.8 Å². The molecule has 36 heavy (non-hydrogen) atoms. The zero-order valence-corrected chi connectivity index (χ0v) is 20.3. The molecule has 7 heteroatoms. The summed E-state index contributed by atoms with van der Waals surface area (Å²) in [6, 6.07) is 22.1. The standard InChI is InChI=1S/C29H30N4O3/c1-20-12-15-33(27-6-3-2-5-26(27)32-20)29(35)23-7-9-24(28(18-23)36-16-4-13-30-19-34)21-8-10-25-22(17-21)11-14-31-25/h2-3,5-11,14,17-20,31-32H,4,12-13,15-16H2,1H3,(H,30,34)/t20-/m0/s1. The summed E-state index contributed by atoms with van der Waals surface area (Å²) in [6.07, 6.45) is 4.12. The molecule has 184 valence electrons. The second kappa shape index (κ2) is 10.6. The Morgan fingerprint density at radius 3 is 2.92 bits per heavy atom. The first-order valence-corrected chi connectivity index (χ1v) is 12.3. The lowest BCUT2D eigenvalue weighted by Crippen LogP contribution is -2.32. The Hall–Kier alpha value is -4.26. The number of amides is 2. The molecule has 0 radical (unpaired) electrons. The van der Waals surface area contributed by atoms with E-state index in [4.69, 9.17) is 4.74 Å². The van der Waals surface area contributed by atoms with Gasteiger partial charge in [0.2, 0.25) is 6.41 Å². The molecule has 3 N–H and O–H groups in total. The van der Waals surface area contributed by atoms with Gasteiger partial charge in [0.25, 0.3) is 5.91 Å². The number of nitrogens with zero attached hydrogens (tertiary/aromatic N) is 1. The smallest absolute Gasteiger partial charge is 0.258 e. The van der Waals surface area contributed by atoms with Gasteiger partial charge in [-0.05, 0) is 79.2 Å². The van der Waals surface area contributed by atoms with Gasteiger partial charge in [0.1, 0.15) is 5.75 Å². The van der Waals surface area contributed by atoms with E-state index in [-0.39, 0.29) is 11.9 Å². The number of anilines is 2. The SMILES string of the molecule is C[C@H]1CCN(C(=O)c2ccc(-c3ccc4[nH]ccc4c3)c(OCCCNC=O)c2)c2ccccc2N1. The Labute approximate surface area is 210 Å². The van der Waals surface area contributed by atoms with E-state index in [1.165, 1.54) is 0 Å². The summed E-state index contributed by atoms with van der Waals surface area (Å²) in [5.74, 6) is 0.592. The number of hydrogen-bond donors (Lipinski definition) is 3. The third-order valence-electron chi connectivity index (χ3n) is 6.53. The van der Waals surface area contributed by atoms with Gasteiger partial charge in [0, 0.05) is 42.0 Å². The highest BCUT2D eigenvalue weighted by Gasteiger charge is 2.25. The first kappa shape index (κ1) is 23.5. The second-order valence-electron chi connectivity index (χ2n) is 9.07. The minimum atomic E-state index is -0.0570. The van der Waals surface area contributed by atoms with Crippen molar-refractivity contribution in [3.05, 3.63) is 78.5 Å². The quantitative estimate of drug-likeness (QED) is 0.238. The fourth-order valence-electron chi connectivity index (χ4n) is 4.63. The molecule has 2 amide bonds. The van der Waals surface area contributed by atoms with Gasteiger partial charge >= 0.3 is 0 Å². The molecule has 0 fully saturated rings. The highest BCUT2D eigenvalue weighted by Crippen LogP contribution is 2.35. The summed E-state index contributed by atoms with van der Waals surface area (Å²) in [7, 11) is 0. The molecule has 3 aromatic carbocycles. The molecule has 4 aromatic rings. The first-order valence-electron chi connectivity index (χ1n) is 12.3. The Kier molecular flexibility index (Phi) is 6.89. The molecule has 0 saturated heterocycles. The number of nitrogens with one attached hydrogen (secondary N) is 3. The molecule has 0 spiro atoms. The second-order valence-corrected chi connectivity index (χ2v) is 9.07. The minimum absolute atomic E-state index is 0.0570. The van der Waals surface area contributed by atoms with Crippen molar-refractivity contribution in [2.75, 3.05) is 29.9 Å². The number of para-hydroxylation sites is 2. The summed E-state index contributed by atoms with van der Waals surface area (Å²) in [6.45, 7) is 3.71. The van der Waals surface area contributed by atoms with Gasteiger partial charge in [-0.15, -0.1) is 0 Å². The summed E-state index contributed by atoms with van der Waals surface area (Å²) < 4.78 is 6.17. The highest BCUT2D eigenvalue weighted by atomic mass is 16.5. The summed E-state index contributed by atoms with van der Waals surface area (Å²) in [5, 5.41) is 7.27. The van der Waals surface area contributed by atoms with E-state index in [0.29, 0.717) is 43.8 Å². The molecule has 0 saturated carbocycles. The lowest BCUT2D eigenvalue weighted by molar-refractivity contribution is -0.109. The van der Waals surface area contributed by atoms with Crippen molar-refractivity contribution in [1.82, 2.24) is 10.3 Å². The number of benzene rings is 3. The zero-order chi connectivity index (χ0) is 24.9. The van der Waals surface area contributed by atoms with Crippen molar-refractivity contribution in [3.8, 4) is 16.9 Å². The van der Waals surface area contributed by atoms with Crippen LogP contribution in [-0.2, 0) is 4.79 Å². The average molecular weight is 483 g/mol. The molecule has 1 atom stereocenters. The first-order chi connectivity index (χ1) is 17.6. The Morgan fingerprint density at radius 1 is 1.14 bits per heavy atom. The van der Waals surface area contributed by atoms with Crippen molar-refractivity contribution in [2.45, 2.75) is 25.8 Å². The molecule has 0 unspecified atom stereocenters. The van der Waals surface area contributed by atoms with E-state index < -0.39 is 0 Å². The zero-order valence-electron chi connectivity index (χ0n) is 20.3. The molecule has 1 aromatic heterocycles. The Morgan fingerprint density at radius 2 is 2.03 bits per heavy atom. The van der Waals surface area contributed by atoms with E-state index in [1.54, 1.807) is 0 Å². The van der Waals surface area contributed by atoms with E-state index in [9.17, 15) is 9.59 Å². The maximum atomic E-state index is 13.8.